The van der Waals surface area contributed by atoms with E-state index in [1.165, 1.54) is 4.88 Å². The van der Waals surface area contributed by atoms with Gasteiger partial charge in [-0.15, -0.1) is 11.3 Å². The molecule has 3 heteroatoms. The number of thiophene rings is 1. The van der Waals surface area contributed by atoms with E-state index in [1.54, 1.807) is 11.3 Å². The molecule has 0 aliphatic rings. The first kappa shape index (κ1) is 9.78. The Balaban J connectivity index is 2.39. The number of hydrogen-bond donors (Lipinski definition) is 1. The van der Waals surface area contributed by atoms with Gasteiger partial charge in [-0.25, -0.2) is 0 Å². The zero-order valence-electron chi connectivity index (χ0n) is 7.01. The molecule has 1 rings (SSSR count). The van der Waals surface area contributed by atoms with Gasteiger partial charge in [0, 0.05) is 22.5 Å². The van der Waals surface area contributed by atoms with Crippen LogP contribution in [0.1, 0.15) is 17.8 Å². The second kappa shape index (κ2) is 4.65. The molecule has 12 heavy (non-hydrogen) atoms. The Morgan fingerprint density at radius 3 is 3.08 bits per heavy atom. The number of rotatable bonds is 4. The van der Waals surface area contributed by atoms with Gasteiger partial charge in [-0.05, 0) is 18.4 Å². The number of nitrogens with one attached hydrogen (secondary N) is 1. The van der Waals surface area contributed by atoms with Crippen molar-refractivity contribution < 1.29 is 0 Å². The highest BCUT2D eigenvalue weighted by Gasteiger charge is 2.04. The topological polar surface area (TPSA) is 12.0 Å². The Morgan fingerprint density at radius 2 is 2.58 bits per heavy atom. The summed E-state index contributed by atoms with van der Waals surface area (Å²) in [5.41, 5.74) is 0. The van der Waals surface area contributed by atoms with Crippen molar-refractivity contribution in [3.8, 4) is 0 Å². The molecule has 66 valence electrons. The van der Waals surface area contributed by atoms with E-state index in [2.05, 4.69) is 30.3 Å². The zero-order valence-corrected chi connectivity index (χ0v) is 8.58. The maximum absolute atomic E-state index is 5.63. The molecule has 0 aliphatic heterocycles. The van der Waals surface area contributed by atoms with Gasteiger partial charge in [0.05, 0.1) is 0 Å². The van der Waals surface area contributed by atoms with Crippen LogP contribution in [0.2, 0.25) is 0 Å². The van der Waals surface area contributed by atoms with Crippen molar-refractivity contribution >= 4 is 22.9 Å². The van der Waals surface area contributed by atoms with Gasteiger partial charge in [0.25, 0.3) is 0 Å². The number of hydrogen-bond acceptors (Lipinski definition) is 2. The minimum atomic E-state index is 0.362. The van der Waals surface area contributed by atoms with Gasteiger partial charge in [-0.1, -0.05) is 24.2 Å². The molecule has 1 nitrogen and oxygen atoms in total. The first-order valence-corrected chi connectivity index (χ1v) is 5.06. The molecule has 1 aromatic heterocycles. The summed E-state index contributed by atoms with van der Waals surface area (Å²) in [6, 6.07) is 4.52. The molecule has 1 unspecified atom stereocenters. The van der Waals surface area contributed by atoms with E-state index >= 15 is 0 Å². The maximum Gasteiger partial charge on any atom is 0.0389 e. The second-order valence-corrected chi connectivity index (χ2v) is 4.15. The minimum Gasteiger partial charge on any atom is -0.304 e. The van der Waals surface area contributed by atoms with Gasteiger partial charge in [0.2, 0.25) is 0 Å². The Bertz CT molecular complexity index is 243. The minimum absolute atomic E-state index is 0.362. The smallest absolute Gasteiger partial charge is 0.0389 e. The van der Waals surface area contributed by atoms with Crippen LogP contribution < -0.4 is 5.32 Å². The van der Waals surface area contributed by atoms with Gasteiger partial charge in [-0.2, -0.15) is 0 Å². The molecule has 0 amide bonds. The summed E-state index contributed by atoms with van der Waals surface area (Å²) >= 11 is 7.38. The SMILES string of the molecule is C=C(Cl)CNC(C)c1cccs1. The third-order valence-corrected chi connectivity index (χ3v) is 2.76. The molecule has 0 saturated carbocycles. The summed E-state index contributed by atoms with van der Waals surface area (Å²) < 4.78 is 0. The zero-order chi connectivity index (χ0) is 8.97. The molecular formula is C9H12ClNS. The Hall–Kier alpha value is -0.310. The lowest BCUT2D eigenvalue weighted by Crippen LogP contribution is -2.18. The van der Waals surface area contributed by atoms with Crippen LogP contribution in [0.4, 0.5) is 0 Å². The van der Waals surface area contributed by atoms with E-state index in [4.69, 9.17) is 11.6 Å². The summed E-state index contributed by atoms with van der Waals surface area (Å²) in [7, 11) is 0. The molecule has 0 aliphatic carbocycles. The normalized spacial score (nSPS) is 12.8. The van der Waals surface area contributed by atoms with Crippen molar-refractivity contribution in [2.24, 2.45) is 0 Å². The van der Waals surface area contributed by atoms with Crippen molar-refractivity contribution in [1.29, 1.82) is 0 Å². The Labute approximate surface area is 82.1 Å². The highest BCUT2D eigenvalue weighted by molar-refractivity contribution is 7.10. The van der Waals surface area contributed by atoms with E-state index in [0.717, 1.165) is 0 Å². The standard InChI is InChI=1S/C9H12ClNS/c1-7(10)6-11-8(2)9-4-3-5-12-9/h3-5,8,11H,1,6H2,2H3. The highest BCUT2D eigenvalue weighted by Crippen LogP contribution is 2.18. The van der Waals surface area contributed by atoms with Crippen LogP contribution in [0.15, 0.2) is 29.1 Å². The summed E-state index contributed by atoms with van der Waals surface area (Å²) in [5.74, 6) is 0. The first-order valence-electron chi connectivity index (χ1n) is 3.80. The maximum atomic E-state index is 5.63. The van der Waals surface area contributed by atoms with Crippen molar-refractivity contribution in [3.05, 3.63) is 34.0 Å². The predicted octanol–water partition coefficient (Wildman–Crippen LogP) is 3.15. The summed E-state index contributed by atoms with van der Waals surface area (Å²) in [4.78, 5) is 1.33. The summed E-state index contributed by atoms with van der Waals surface area (Å²) in [6.07, 6.45) is 0. The van der Waals surface area contributed by atoms with E-state index in [9.17, 15) is 0 Å². The monoisotopic (exact) mass is 201 g/mol. The van der Waals surface area contributed by atoms with Gasteiger partial charge in [0.1, 0.15) is 0 Å². The predicted molar refractivity (Wildman–Crippen MR) is 55.7 cm³/mol. The average molecular weight is 202 g/mol. The van der Waals surface area contributed by atoms with E-state index in [1.807, 2.05) is 6.07 Å². The van der Waals surface area contributed by atoms with Gasteiger partial charge in [-0.3, -0.25) is 0 Å². The van der Waals surface area contributed by atoms with Crippen LogP contribution in [0.5, 0.6) is 0 Å². The molecule has 0 aromatic carbocycles. The van der Waals surface area contributed by atoms with Gasteiger partial charge >= 0.3 is 0 Å². The van der Waals surface area contributed by atoms with Gasteiger partial charge in [0.15, 0.2) is 0 Å². The van der Waals surface area contributed by atoms with E-state index in [0.29, 0.717) is 17.6 Å². The van der Waals surface area contributed by atoms with Crippen LogP contribution >= 0.6 is 22.9 Å². The van der Waals surface area contributed by atoms with Crippen LogP contribution in [0.3, 0.4) is 0 Å². The van der Waals surface area contributed by atoms with Crippen molar-refractivity contribution in [1.82, 2.24) is 5.32 Å². The molecule has 0 bridgehead atoms. The molecule has 0 spiro atoms. The summed E-state index contributed by atoms with van der Waals surface area (Å²) in [5, 5.41) is 5.99. The van der Waals surface area contributed by atoms with Crippen molar-refractivity contribution in [3.63, 3.8) is 0 Å². The lowest BCUT2D eigenvalue weighted by Gasteiger charge is -2.10. The molecule has 0 saturated heterocycles. The fourth-order valence-corrected chi connectivity index (χ4v) is 1.74. The van der Waals surface area contributed by atoms with Gasteiger partial charge < -0.3 is 5.32 Å². The van der Waals surface area contributed by atoms with E-state index in [-0.39, 0.29) is 0 Å². The lowest BCUT2D eigenvalue weighted by molar-refractivity contribution is 0.624. The third kappa shape index (κ3) is 2.97. The fourth-order valence-electron chi connectivity index (χ4n) is 0.902. The van der Waals surface area contributed by atoms with Crippen LogP contribution in [-0.2, 0) is 0 Å². The Kier molecular flexibility index (Phi) is 3.79. The molecule has 1 heterocycles. The Morgan fingerprint density at radius 1 is 1.83 bits per heavy atom. The summed E-state index contributed by atoms with van der Waals surface area (Å²) in [6.45, 7) is 6.40. The van der Waals surface area contributed by atoms with Crippen LogP contribution in [-0.4, -0.2) is 6.54 Å². The third-order valence-electron chi connectivity index (χ3n) is 1.57. The van der Waals surface area contributed by atoms with Crippen LogP contribution in [0.25, 0.3) is 0 Å². The van der Waals surface area contributed by atoms with Crippen LogP contribution in [0, 0.1) is 0 Å². The van der Waals surface area contributed by atoms with E-state index < -0.39 is 0 Å². The molecule has 0 radical (unpaired) electrons. The molecular weight excluding hydrogens is 190 g/mol. The number of halogens is 1. The molecule has 1 N–H and O–H groups in total. The molecule has 1 atom stereocenters. The van der Waals surface area contributed by atoms with Crippen molar-refractivity contribution in [2.45, 2.75) is 13.0 Å². The second-order valence-electron chi connectivity index (χ2n) is 2.64. The quantitative estimate of drug-likeness (QED) is 0.789. The largest absolute Gasteiger partial charge is 0.304 e. The van der Waals surface area contributed by atoms with Crippen molar-refractivity contribution in [2.75, 3.05) is 6.54 Å². The fraction of sp³-hybridized carbons (Fsp3) is 0.333. The highest BCUT2D eigenvalue weighted by atomic mass is 35.5. The average Bonchev–Trinajstić information content (AvgIpc) is 2.51. The molecule has 0 fully saturated rings. The molecule has 1 aromatic rings. The lowest BCUT2D eigenvalue weighted by atomic mass is 10.3. The first-order chi connectivity index (χ1) is 5.70.